The van der Waals surface area contributed by atoms with Gasteiger partial charge in [0.25, 0.3) is 0 Å². The van der Waals surface area contributed by atoms with Gasteiger partial charge in [-0.1, -0.05) is 57.7 Å². The molecule has 4 N–H and O–H groups in total. The molecular weight excluding hydrogens is 618 g/mol. The van der Waals surface area contributed by atoms with E-state index in [0.29, 0.717) is 29.4 Å². The van der Waals surface area contributed by atoms with E-state index in [4.69, 9.17) is 23.7 Å². The second-order valence-corrected chi connectivity index (χ2v) is 12.7. The number of aliphatic hydroxyl groups excluding tert-OH is 1. The van der Waals surface area contributed by atoms with Crippen LogP contribution in [0.2, 0.25) is 0 Å². The number of hydrogen-bond donors (Lipinski definition) is 4. The van der Waals surface area contributed by atoms with Crippen LogP contribution >= 0.6 is 0 Å². The maximum Gasteiger partial charge on any atom is 0.407 e. The Morgan fingerprint density at radius 2 is 1.48 bits per heavy atom. The normalized spacial score (nSPS) is 13.6. The monoisotopic (exact) mass is 675 g/mol. The van der Waals surface area contributed by atoms with Crippen LogP contribution in [0.25, 0.3) is 0 Å². The van der Waals surface area contributed by atoms with Crippen LogP contribution in [0, 0.1) is 11.8 Å². The fourth-order valence-electron chi connectivity index (χ4n) is 5.13. The highest BCUT2D eigenvalue weighted by Crippen LogP contribution is 2.41. The Kier molecular flexibility index (Phi) is 17.8. The zero-order valence-corrected chi connectivity index (χ0v) is 29.2. The van der Waals surface area contributed by atoms with Crippen molar-refractivity contribution < 1.29 is 43.2 Å². The molecule has 2 aromatic rings. The second-order valence-electron chi connectivity index (χ2n) is 12.7. The summed E-state index contributed by atoms with van der Waals surface area (Å²) in [4.78, 5) is 40.0. The minimum Gasteiger partial charge on any atom is -0.493 e. The summed E-state index contributed by atoms with van der Waals surface area (Å²) in [7, 11) is 6.03. The van der Waals surface area contributed by atoms with Gasteiger partial charge in [0, 0.05) is 19.6 Å². The van der Waals surface area contributed by atoms with Crippen molar-refractivity contribution >= 4 is 17.9 Å². The van der Waals surface area contributed by atoms with E-state index >= 15 is 0 Å². The Bertz CT molecular complexity index is 1280. The van der Waals surface area contributed by atoms with E-state index < -0.39 is 41.7 Å². The molecular formula is C36H57N3O9. The van der Waals surface area contributed by atoms with Gasteiger partial charge in [-0.25, -0.2) is 4.79 Å². The zero-order chi connectivity index (χ0) is 35.1. The number of alkyl carbamates (subject to hydrolysis) is 1. The lowest BCUT2D eigenvalue weighted by atomic mass is 9.87. The number of hydrogen-bond acceptors (Lipinski definition) is 9. The molecule has 0 bridgehead atoms. The van der Waals surface area contributed by atoms with Crippen molar-refractivity contribution in [2.45, 2.75) is 85.1 Å². The van der Waals surface area contributed by atoms with Crippen molar-refractivity contribution in [2.75, 3.05) is 41.6 Å². The molecule has 0 aliphatic heterocycles. The standard InChI is InChI=1S/C35H53N3O9.CH4/c1-22(2)29(33(41)36-17-18-43-6)38-32(40)25(20-24-15-16-28(44-7)31(46-9)30(24)45-8)21-27(39)26(19-23-13-11-10-12-14-23)37-34(42)47-35(3,4)5;/h10-16,22,25-27,29,39H,17-21H2,1-9H3,(H,36,41)(H,37,42)(H,38,40);1H4/t25-,26+,27+,29+;/m1./s1. The number of carbonyl (C=O) groups excluding carboxylic acids is 3. The lowest BCUT2D eigenvalue weighted by Crippen LogP contribution is -2.53. The third-order valence-corrected chi connectivity index (χ3v) is 7.47. The Labute approximate surface area is 286 Å². The van der Waals surface area contributed by atoms with Crippen LogP contribution in [0.1, 0.15) is 59.6 Å². The summed E-state index contributed by atoms with van der Waals surface area (Å²) in [6.07, 6.45) is -1.53. The third-order valence-electron chi connectivity index (χ3n) is 7.47. The van der Waals surface area contributed by atoms with Crippen molar-refractivity contribution in [3.8, 4) is 17.2 Å². The maximum atomic E-state index is 14.1. The van der Waals surface area contributed by atoms with Gasteiger partial charge in [0.15, 0.2) is 11.5 Å². The molecule has 2 aromatic carbocycles. The molecule has 0 saturated carbocycles. The Morgan fingerprint density at radius 3 is 2.02 bits per heavy atom. The summed E-state index contributed by atoms with van der Waals surface area (Å²) in [5.74, 6) is -0.695. The van der Waals surface area contributed by atoms with E-state index in [1.54, 1.807) is 32.9 Å². The SMILES string of the molecule is C.COCCNC(=O)[C@@H](NC(=O)[C@H](Cc1ccc(OC)c(OC)c1OC)C[C@H](O)[C@H](Cc1ccccc1)NC(=O)OC(C)(C)C)C(C)C. The zero-order valence-electron chi connectivity index (χ0n) is 29.2. The molecule has 0 saturated heterocycles. The first-order valence-electron chi connectivity index (χ1n) is 15.8. The lowest BCUT2D eigenvalue weighted by molar-refractivity contribution is -0.132. The maximum absolute atomic E-state index is 14.1. The van der Waals surface area contributed by atoms with E-state index in [9.17, 15) is 19.5 Å². The predicted molar refractivity (Wildman–Crippen MR) is 186 cm³/mol. The highest BCUT2D eigenvalue weighted by Gasteiger charge is 2.33. The van der Waals surface area contributed by atoms with Gasteiger partial charge in [-0.2, -0.15) is 0 Å². The molecule has 3 amide bonds. The van der Waals surface area contributed by atoms with Crippen molar-refractivity contribution in [3.63, 3.8) is 0 Å². The van der Waals surface area contributed by atoms with Gasteiger partial charge in [0.05, 0.1) is 40.1 Å². The molecule has 0 aliphatic rings. The van der Waals surface area contributed by atoms with Crippen LogP contribution in [0.3, 0.4) is 0 Å². The topological polar surface area (TPSA) is 154 Å². The molecule has 12 nitrogen and oxygen atoms in total. The van der Waals surface area contributed by atoms with E-state index in [2.05, 4.69) is 16.0 Å². The van der Waals surface area contributed by atoms with Gasteiger partial charge in [-0.3, -0.25) is 9.59 Å². The highest BCUT2D eigenvalue weighted by atomic mass is 16.6. The first-order valence-corrected chi connectivity index (χ1v) is 15.8. The van der Waals surface area contributed by atoms with E-state index in [1.165, 1.54) is 28.4 Å². The molecule has 4 atom stereocenters. The minimum atomic E-state index is -1.18. The molecule has 0 radical (unpaired) electrons. The number of nitrogens with one attached hydrogen (secondary N) is 3. The first kappa shape index (κ1) is 42.0. The van der Waals surface area contributed by atoms with Crippen LogP contribution in [0.5, 0.6) is 17.2 Å². The average Bonchev–Trinajstić information content (AvgIpc) is 3.01. The van der Waals surface area contributed by atoms with Crippen molar-refractivity contribution in [2.24, 2.45) is 11.8 Å². The van der Waals surface area contributed by atoms with Gasteiger partial charge in [-0.15, -0.1) is 0 Å². The quantitative estimate of drug-likeness (QED) is 0.170. The number of aliphatic hydroxyl groups is 1. The van der Waals surface area contributed by atoms with Crippen molar-refractivity contribution in [1.82, 2.24) is 16.0 Å². The molecule has 0 fully saturated rings. The molecule has 0 aliphatic carbocycles. The summed E-state index contributed by atoms with van der Waals surface area (Å²) >= 11 is 0. The van der Waals surface area contributed by atoms with Crippen LogP contribution in [0.15, 0.2) is 42.5 Å². The highest BCUT2D eigenvalue weighted by molar-refractivity contribution is 5.89. The summed E-state index contributed by atoms with van der Waals surface area (Å²) in [5.41, 5.74) is 0.750. The van der Waals surface area contributed by atoms with Crippen LogP contribution in [0.4, 0.5) is 4.79 Å². The third kappa shape index (κ3) is 13.2. The largest absolute Gasteiger partial charge is 0.493 e. The molecule has 0 aromatic heterocycles. The Morgan fingerprint density at radius 1 is 0.833 bits per heavy atom. The first-order chi connectivity index (χ1) is 22.2. The number of amides is 3. The minimum absolute atomic E-state index is 0. The number of methoxy groups -OCH3 is 4. The van der Waals surface area contributed by atoms with Gasteiger partial charge in [0.1, 0.15) is 11.6 Å². The number of carbonyl (C=O) groups is 3. The number of rotatable bonds is 18. The second kappa shape index (κ2) is 20.4. The van der Waals surface area contributed by atoms with Gasteiger partial charge in [-0.05, 0) is 63.1 Å². The molecule has 2 rings (SSSR count). The molecule has 12 heteroatoms. The fraction of sp³-hybridized carbons (Fsp3) is 0.583. The molecule has 48 heavy (non-hydrogen) atoms. The number of ether oxygens (including phenoxy) is 5. The molecule has 0 unspecified atom stereocenters. The summed E-state index contributed by atoms with van der Waals surface area (Å²) in [6.45, 7) is 9.54. The summed E-state index contributed by atoms with van der Waals surface area (Å²) < 4.78 is 27.2. The molecule has 270 valence electrons. The van der Waals surface area contributed by atoms with Crippen LogP contribution in [-0.2, 0) is 31.9 Å². The van der Waals surface area contributed by atoms with E-state index in [-0.39, 0.29) is 45.1 Å². The van der Waals surface area contributed by atoms with Gasteiger partial charge >= 0.3 is 6.09 Å². The molecule has 0 heterocycles. The average molecular weight is 676 g/mol. The summed E-state index contributed by atoms with van der Waals surface area (Å²) in [6, 6.07) is 11.2. The Balaban J connectivity index is 0.0000115. The van der Waals surface area contributed by atoms with Crippen LogP contribution in [-0.4, -0.2) is 88.4 Å². The van der Waals surface area contributed by atoms with Crippen molar-refractivity contribution in [1.29, 1.82) is 0 Å². The van der Waals surface area contributed by atoms with Gasteiger partial charge in [0.2, 0.25) is 17.6 Å². The Hall–Kier alpha value is -4.03. The molecule has 0 spiro atoms. The van der Waals surface area contributed by atoms with Crippen molar-refractivity contribution in [3.05, 3.63) is 53.6 Å². The lowest BCUT2D eigenvalue weighted by Gasteiger charge is -2.30. The van der Waals surface area contributed by atoms with E-state index in [1.807, 2.05) is 44.2 Å². The van der Waals surface area contributed by atoms with E-state index in [0.717, 1.165) is 5.56 Å². The fourth-order valence-corrected chi connectivity index (χ4v) is 5.13. The van der Waals surface area contributed by atoms with Gasteiger partial charge < -0.3 is 44.7 Å². The number of benzene rings is 2. The smallest absolute Gasteiger partial charge is 0.407 e. The summed E-state index contributed by atoms with van der Waals surface area (Å²) in [5, 5.41) is 20.2. The predicted octanol–water partition coefficient (Wildman–Crippen LogP) is 4.30. The van der Waals surface area contributed by atoms with Crippen LogP contribution < -0.4 is 30.2 Å².